The molecule has 0 spiro atoms. The number of carboxylic acid groups (broad SMARTS) is 1. The fourth-order valence-corrected chi connectivity index (χ4v) is 1.88. The lowest BCUT2D eigenvalue weighted by Crippen LogP contribution is -2.33. The number of halogens is 2. The molecule has 0 heterocycles. The van der Waals surface area contributed by atoms with Gasteiger partial charge in [-0.1, -0.05) is 15.9 Å². The smallest absolute Gasteiger partial charge is 0.328 e. The molecule has 0 atom stereocenters. The number of anilines is 1. The zero-order valence-corrected chi connectivity index (χ0v) is 13.1. The van der Waals surface area contributed by atoms with Crippen molar-refractivity contribution in [2.75, 3.05) is 5.32 Å². The average molecular weight is 439 g/mol. The molecule has 0 unspecified atom stereocenters. The molecule has 8 heteroatoms. The van der Waals surface area contributed by atoms with Crippen molar-refractivity contribution in [1.29, 1.82) is 0 Å². The van der Waals surface area contributed by atoms with Crippen LogP contribution in [0.1, 0.15) is 0 Å². The predicted molar refractivity (Wildman–Crippen MR) is 80.8 cm³/mol. The van der Waals surface area contributed by atoms with Gasteiger partial charge in [-0.25, -0.2) is 9.59 Å². The molecule has 0 aliphatic heterocycles. The molecule has 0 radical (unpaired) electrons. The molecule has 3 amide bonds. The third-order valence-corrected chi connectivity index (χ3v) is 3.22. The van der Waals surface area contributed by atoms with Crippen LogP contribution in [-0.4, -0.2) is 23.0 Å². The lowest BCUT2D eigenvalue weighted by atomic mass is 10.3. The van der Waals surface area contributed by atoms with Crippen molar-refractivity contribution in [2.24, 2.45) is 0 Å². The highest BCUT2D eigenvalue weighted by atomic mass is 127. The fourth-order valence-electron chi connectivity index (χ4n) is 1.05. The molecule has 1 rings (SSSR count). The summed E-state index contributed by atoms with van der Waals surface area (Å²) in [4.78, 5) is 32.8. The summed E-state index contributed by atoms with van der Waals surface area (Å²) in [5, 5.41) is 12.8. The second-order valence-corrected chi connectivity index (χ2v) is 5.32. The Hall–Kier alpha value is -1.42. The van der Waals surface area contributed by atoms with Crippen molar-refractivity contribution in [3.8, 4) is 0 Å². The van der Waals surface area contributed by atoms with Crippen LogP contribution in [0.5, 0.6) is 0 Å². The van der Waals surface area contributed by atoms with E-state index in [1.807, 2.05) is 34.0 Å². The first-order valence-electron chi connectivity index (χ1n) is 4.86. The number of aliphatic carboxylic acids is 1. The van der Waals surface area contributed by atoms with Gasteiger partial charge < -0.3 is 10.4 Å². The number of hydrogen-bond donors (Lipinski definition) is 3. The number of nitrogens with one attached hydrogen (secondary N) is 2. The van der Waals surface area contributed by atoms with Crippen LogP contribution < -0.4 is 10.6 Å². The van der Waals surface area contributed by atoms with E-state index in [2.05, 4.69) is 21.2 Å². The van der Waals surface area contributed by atoms with E-state index in [1.165, 1.54) is 0 Å². The number of urea groups is 1. The summed E-state index contributed by atoms with van der Waals surface area (Å²) in [6.45, 7) is 0. The molecule has 3 N–H and O–H groups in total. The standard InChI is InChI=1S/C11H8BrIN2O4/c12-6-1-2-7(13)8(5-6)14-11(19)15-9(16)3-4-10(17)18/h1-5H,(H,17,18)(H2,14,15,16,19)/b4-3+. The van der Waals surface area contributed by atoms with Crippen LogP contribution in [0.15, 0.2) is 34.8 Å². The summed E-state index contributed by atoms with van der Waals surface area (Å²) in [5.74, 6) is -2.08. The summed E-state index contributed by atoms with van der Waals surface area (Å²) in [5.41, 5.74) is 0.530. The molecule has 0 aromatic heterocycles. The molecule has 0 aliphatic rings. The van der Waals surface area contributed by atoms with Gasteiger partial charge >= 0.3 is 12.0 Å². The van der Waals surface area contributed by atoms with Gasteiger partial charge in [-0.2, -0.15) is 0 Å². The Bertz CT molecular complexity index is 560. The molecule has 0 bridgehead atoms. The van der Waals surface area contributed by atoms with E-state index >= 15 is 0 Å². The van der Waals surface area contributed by atoms with Gasteiger partial charge in [-0.05, 0) is 40.8 Å². The predicted octanol–water partition coefficient (Wildman–Crippen LogP) is 2.34. The number of rotatable bonds is 3. The number of hydrogen-bond acceptors (Lipinski definition) is 3. The first-order chi connectivity index (χ1) is 8.88. The van der Waals surface area contributed by atoms with E-state index in [0.717, 1.165) is 14.1 Å². The van der Waals surface area contributed by atoms with Crippen LogP contribution in [0.25, 0.3) is 0 Å². The lowest BCUT2D eigenvalue weighted by Gasteiger charge is -2.07. The van der Waals surface area contributed by atoms with Crippen LogP contribution >= 0.6 is 38.5 Å². The second-order valence-electron chi connectivity index (χ2n) is 3.24. The molecule has 0 saturated carbocycles. The molecular weight excluding hydrogens is 431 g/mol. The van der Waals surface area contributed by atoms with E-state index in [0.29, 0.717) is 11.8 Å². The van der Waals surface area contributed by atoms with Gasteiger partial charge in [-0.3, -0.25) is 10.1 Å². The van der Waals surface area contributed by atoms with Crippen molar-refractivity contribution >= 4 is 62.1 Å². The van der Waals surface area contributed by atoms with Crippen LogP contribution in [0.3, 0.4) is 0 Å². The summed E-state index contributed by atoms with van der Waals surface area (Å²) < 4.78 is 1.57. The fraction of sp³-hybridized carbons (Fsp3) is 0. The van der Waals surface area contributed by atoms with Crippen LogP contribution in [-0.2, 0) is 9.59 Å². The maximum Gasteiger partial charge on any atom is 0.328 e. The summed E-state index contributed by atoms with van der Waals surface area (Å²) in [6, 6.07) is 4.53. The van der Waals surface area contributed by atoms with Gasteiger partial charge in [0.25, 0.3) is 5.91 Å². The molecule has 6 nitrogen and oxygen atoms in total. The maximum atomic E-state index is 11.5. The van der Waals surface area contributed by atoms with E-state index in [4.69, 9.17) is 5.11 Å². The Morgan fingerprint density at radius 1 is 1.26 bits per heavy atom. The van der Waals surface area contributed by atoms with Gasteiger partial charge in [0.2, 0.25) is 0 Å². The zero-order chi connectivity index (χ0) is 14.4. The Morgan fingerprint density at radius 2 is 1.95 bits per heavy atom. The first-order valence-corrected chi connectivity index (χ1v) is 6.73. The van der Waals surface area contributed by atoms with E-state index in [9.17, 15) is 14.4 Å². The third kappa shape index (κ3) is 5.83. The number of carbonyl (C=O) groups is 3. The normalized spacial score (nSPS) is 10.2. The molecule has 0 fully saturated rings. The molecule has 0 aliphatic carbocycles. The average Bonchev–Trinajstić information content (AvgIpc) is 2.31. The van der Waals surface area contributed by atoms with Crippen molar-refractivity contribution in [1.82, 2.24) is 5.32 Å². The van der Waals surface area contributed by atoms with Crippen molar-refractivity contribution in [3.63, 3.8) is 0 Å². The van der Waals surface area contributed by atoms with E-state index in [-0.39, 0.29) is 0 Å². The van der Waals surface area contributed by atoms with Gasteiger partial charge in [0.05, 0.1) is 5.69 Å². The monoisotopic (exact) mass is 438 g/mol. The number of carboxylic acids is 1. The van der Waals surface area contributed by atoms with Crippen LogP contribution in [0.2, 0.25) is 0 Å². The minimum Gasteiger partial charge on any atom is -0.478 e. The highest BCUT2D eigenvalue weighted by Crippen LogP contribution is 2.22. The highest BCUT2D eigenvalue weighted by Gasteiger charge is 2.08. The van der Waals surface area contributed by atoms with Crippen molar-refractivity contribution < 1.29 is 19.5 Å². The number of imide groups is 1. The Labute approximate surface area is 130 Å². The molecule has 100 valence electrons. The third-order valence-electron chi connectivity index (χ3n) is 1.79. The highest BCUT2D eigenvalue weighted by molar-refractivity contribution is 14.1. The lowest BCUT2D eigenvalue weighted by molar-refractivity contribution is -0.131. The van der Waals surface area contributed by atoms with Gasteiger partial charge in [0.15, 0.2) is 0 Å². The Balaban J connectivity index is 2.63. The quantitative estimate of drug-likeness (QED) is 0.498. The van der Waals surface area contributed by atoms with E-state index in [1.54, 1.807) is 12.1 Å². The topological polar surface area (TPSA) is 95.5 Å². The maximum absolute atomic E-state index is 11.5. The molecule has 1 aromatic rings. The summed E-state index contributed by atoms with van der Waals surface area (Å²) >= 11 is 5.29. The molecule has 19 heavy (non-hydrogen) atoms. The van der Waals surface area contributed by atoms with Crippen molar-refractivity contribution in [3.05, 3.63) is 38.4 Å². The first kappa shape index (κ1) is 15.6. The Kier molecular flexibility index (Phi) is 5.96. The second kappa shape index (κ2) is 7.24. The zero-order valence-electron chi connectivity index (χ0n) is 9.31. The number of benzene rings is 1. The number of amides is 3. The molecule has 1 aromatic carbocycles. The summed E-state index contributed by atoms with van der Waals surface area (Å²) in [7, 11) is 0. The molecular formula is C11H8BrIN2O4. The largest absolute Gasteiger partial charge is 0.478 e. The van der Waals surface area contributed by atoms with Crippen LogP contribution in [0, 0.1) is 3.57 Å². The SMILES string of the molecule is O=C(O)/C=C/C(=O)NC(=O)Nc1cc(Br)ccc1I. The van der Waals surface area contributed by atoms with Gasteiger partial charge in [0, 0.05) is 20.2 Å². The Morgan fingerprint density at radius 3 is 2.58 bits per heavy atom. The van der Waals surface area contributed by atoms with Crippen LogP contribution in [0.4, 0.5) is 10.5 Å². The number of carbonyl (C=O) groups excluding carboxylic acids is 2. The summed E-state index contributed by atoms with van der Waals surface area (Å²) in [6.07, 6.45) is 1.40. The molecule has 0 saturated heterocycles. The van der Waals surface area contributed by atoms with Crippen molar-refractivity contribution in [2.45, 2.75) is 0 Å². The minimum atomic E-state index is -1.27. The van der Waals surface area contributed by atoms with Gasteiger partial charge in [-0.15, -0.1) is 0 Å². The van der Waals surface area contributed by atoms with E-state index < -0.39 is 17.9 Å². The van der Waals surface area contributed by atoms with Gasteiger partial charge in [0.1, 0.15) is 0 Å². The minimum absolute atomic E-state index is 0.530.